The average molecular weight is 293 g/mol. The van der Waals surface area contributed by atoms with Crippen LogP contribution < -0.4 is 11.1 Å². The van der Waals surface area contributed by atoms with Gasteiger partial charge in [-0.05, 0) is 42.3 Å². The van der Waals surface area contributed by atoms with Gasteiger partial charge in [0, 0.05) is 12.1 Å². The molecule has 0 bridgehead atoms. The van der Waals surface area contributed by atoms with Crippen LogP contribution in [0.15, 0.2) is 36.4 Å². The van der Waals surface area contributed by atoms with Crippen molar-refractivity contribution < 1.29 is 9.18 Å². The molecule has 1 amide bonds. The summed E-state index contributed by atoms with van der Waals surface area (Å²) in [5, 5.41) is 3.06. The van der Waals surface area contributed by atoms with E-state index in [-0.39, 0.29) is 5.02 Å². The van der Waals surface area contributed by atoms with Gasteiger partial charge >= 0.3 is 0 Å². The summed E-state index contributed by atoms with van der Waals surface area (Å²) in [7, 11) is 0. The lowest BCUT2D eigenvalue weighted by molar-refractivity contribution is 0.1000. The zero-order valence-electron chi connectivity index (χ0n) is 10.9. The fourth-order valence-electron chi connectivity index (χ4n) is 1.88. The first-order chi connectivity index (χ1) is 9.49. The van der Waals surface area contributed by atoms with Crippen molar-refractivity contribution in [2.24, 2.45) is 5.73 Å². The number of amides is 1. The summed E-state index contributed by atoms with van der Waals surface area (Å²) < 4.78 is 13.7. The van der Waals surface area contributed by atoms with Crippen molar-refractivity contribution in [3.63, 3.8) is 0 Å². The summed E-state index contributed by atoms with van der Waals surface area (Å²) in [6, 6.07) is 9.96. The Morgan fingerprint density at radius 2 is 2.10 bits per heavy atom. The van der Waals surface area contributed by atoms with Gasteiger partial charge in [-0.1, -0.05) is 23.7 Å². The maximum absolute atomic E-state index is 13.7. The highest BCUT2D eigenvalue weighted by Crippen LogP contribution is 2.23. The third-order valence-electron chi connectivity index (χ3n) is 3.05. The summed E-state index contributed by atoms with van der Waals surface area (Å²) in [5.74, 6) is -0.936. The van der Waals surface area contributed by atoms with Gasteiger partial charge in [0.2, 0.25) is 5.91 Å². The second-order valence-corrected chi connectivity index (χ2v) is 4.87. The lowest BCUT2D eigenvalue weighted by atomic mass is 10.0. The summed E-state index contributed by atoms with van der Waals surface area (Å²) >= 11 is 5.72. The molecule has 0 spiro atoms. The van der Waals surface area contributed by atoms with E-state index in [1.54, 1.807) is 30.3 Å². The number of carbonyl (C=O) groups excluding carboxylic acids is 1. The molecule has 0 heterocycles. The van der Waals surface area contributed by atoms with Crippen molar-refractivity contribution >= 4 is 23.2 Å². The molecule has 20 heavy (non-hydrogen) atoms. The largest absolute Gasteiger partial charge is 0.379 e. The van der Waals surface area contributed by atoms with Crippen LogP contribution in [-0.4, -0.2) is 5.91 Å². The molecular formula is C15H14ClFN2O. The number of carbonyl (C=O) groups is 1. The molecular weight excluding hydrogens is 279 g/mol. The monoisotopic (exact) mass is 292 g/mol. The Morgan fingerprint density at radius 3 is 2.75 bits per heavy atom. The predicted octanol–water partition coefficient (Wildman–Crippen LogP) is 3.50. The highest BCUT2D eigenvalue weighted by molar-refractivity contribution is 6.31. The van der Waals surface area contributed by atoms with E-state index >= 15 is 0 Å². The number of hydrogen-bond donors (Lipinski definition) is 2. The Morgan fingerprint density at radius 1 is 1.35 bits per heavy atom. The van der Waals surface area contributed by atoms with Crippen LogP contribution in [-0.2, 0) is 6.54 Å². The quantitative estimate of drug-likeness (QED) is 0.906. The highest BCUT2D eigenvalue weighted by Gasteiger charge is 2.07. The predicted molar refractivity (Wildman–Crippen MR) is 78.4 cm³/mol. The van der Waals surface area contributed by atoms with E-state index in [0.717, 1.165) is 11.1 Å². The van der Waals surface area contributed by atoms with Gasteiger partial charge < -0.3 is 11.1 Å². The van der Waals surface area contributed by atoms with Gasteiger partial charge in [0.1, 0.15) is 0 Å². The Balaban J connectivity index is 2.15. The molecule has 2 aromatic rings. The van der Waals surface area contributed by atoms with Gasteiger partial charge in [0.05, 0.1) is 10.7 Å². The van der Waals surface area contributed by atoms with Gasteiger partial charge in [-0.2, -0.15) is 0 Å². The number of anilines is 1. The molecule has 0 saturated heterocycles. The second kappa shape index (κ2) is 5.92. The molecule has 0 aliphatic heterocycles. The fourth-order valence-corrected chi connectivity index (χ4v) is 2.05. The highest BCUT2D eigenvalue weighted by atomic mass is 35.5. The molecule has 2 aromatic carbocycles. The number of benzene rings is 2. The first kappa shape index (κ1) is 14.3. The van der Waals surface area contributed by atoms with Crippen LogP contribution >= 0.6 is 11.6 Å². The SMILES string of the molecule is Cc1cc(C(N)=O)ccc1CNc1cccc(Cl)c1F. The number of halogens is 2. The van der Waals surface area contributed by atoms with Crippen LogP contribution in [0.1, 0.15) is 21.5 Å². The molecule has 3 nitrogen and oxygen atoms in total. The second-order valence-electron chi connectivity index (χ2n) is 4.46. The molecule has 0 radical (unpaired) electrons. The maximum atomic E-state index is 13.7. The van der Waals surface area contributed by atoms with Crippen molar-refractivity contribution in [1.82, 2.24) is 0 Å². The van der Waals surface area contributed by atoms with Crippen molar-refractivity contribution in [2.75, 3.05) is 5.32 Å². The Bertz CT molecular complexity index is 658. The number of hydrogen-bond acceptors (Lipinski definition) is 2. The lowest BCUT2D eigenvalue weighted by Gasteiger charge is -2.11. The summed E-state index contributed by atoms with van der Waals surface area (Å²) in [4.78, 5) is 11.1. The van der Waals surface area contributed by atoms with E-state index in [1.165, 1.54) is 6.07 Å². The first-order valence-corrected chi connectivity index (χ1v) is 6.44. The number of rotatable bonds is 4. The number of nitrogens with one attached hydrogen (secondary N) is 1. The zero-order chi connectivity index (χ0) is 14.7. The minimum Gasteiger partial charge on any atom is -0.379 e. The van der Waals surface area contributed by atoms with E-state index < -0.39 is 11.7 Å². The normalized spacial score (nSPS) is 10.3. The Kier molecular flexibility index (Phi) is 4.25. The molecule has 0 aliphatic rings. The molecule has 0 saturated carbocycles. The minimum atomic E-state index is -0.472. The van der Waals surface area contributed by atoms with Gasteiger partial charge in [-0.15, -0.1) is 0 Å². The van der Waals surface area contributed by atoms with Crippen LogP contribution in [0.4, 0.5) is 10.1 Å². The van der Waals surface area contributed by atoms with Crippen LogP contribution in [0.25, 0.3) is 0 Å². The van der Waals surface area contributed by atoms with Gasteiger partial charge in [0.25, 0.3) is 0 Å². The number of primary amides is 1. The van der Waals surface area contributed by atoms with E-state index in [1.807, 2.05) is 6.92 Å². The molecule has 3 N–H and O–H groups in total. The average Bonchev–Trinajstić information content (AvgIpc) is 2.41. The topological polar surface area (TPSA) is 55.1 Å². The third kappa shape index (κ3) is 3.08. The van der Waals surface area contributed by atoms with Crippen molar-refractivity contribution in [3.05, 3.63) is 63.9 Å². The molecule has 2 rings (SSSR count). The van der Waals surface area contributed by atoms with Crippen LogP contribution in [0.2, 0.25) is 5.02 Å². The van der Waals surface area contributed by atoms with Crippen molar-refractivity contribution in [1.29, 1.82) is 0 Å². The van der Waals surface area contributed by atoms with Crippen LogP contribution in [0, 0.1) is 12.7 Å². The maximum Gasteiger partial charge on any atom is 0.248 e. The summed E-state index contributed by atoms with van der Waals surface area (Å²) in [6.07, 6.45) is 0. The zero-order valence-corrected chi connectivity index (χ0v) is 11.7. The third-order valence-corrected chi connectivity index (χ3v) is 3.34. The summed E-state index contributed by atoms with van der Waals surface area (Å²) in [5.41, 5.74) is 7.88. The molecule has 0 atom stereocenters. The number of nitrogens with two attached hydrogens (primary N) is 1. The van der Waals surface area contributed by atoms with Gasteiger partial charge in [-0.25, -0.2) is 4.39 Å². The van der Waals surface area contributed by atoms with Gasteiger partial charge in [-0.3, -0.25) is 4.79 Å². The van der Waals surface area contributed by atoms with E-state index in [2.05, 4.69) is 5.32 Å². The summed E-state index contributed by atoms with van der Waals surface area (Å²) in [6.45, 7) is 2.31. The minimum absolute atomic E-state index is 0.0794. The van der Waals surface area contributed by atoms with E-state index in [0.29, 0.717) is 17.8 Å². The van der Waals surface area contributed by atoms with Crippen LogP contribution in [0.5, 0.6) is 0 Å². The fraction of sp³-hybridized carbons (Fsp3) is 0.133. The molecule has 5 heteroatoms. The molecule has 0 fully saturated rings. The van der Waals surface area contributed by atoms with Crippen LogP contribution in [0.3, 0.4) is 0 Å². The van der Waals surface area contributed by atoms with Crippen molar-refractivity contribution in [3.8, 4) is 0 Å². The smallest absolute Gasteiger partial charge is 0.248 e. The Labute approximate surface area is 121 Å². The standard InChI is InChI=1S/C15H14ClFN2O/c1-9-7-10(15(18)20)5-6-11(9)8-19-13-4-2-3-12(16)14(13)17/h2-7,19H,8H2,1H3,(H2,18,20). The molecule has 104 valence electrons. The number of aryl methyl sites for hydroxylation is 1. The van der Waals surface area contributed by atoms with Gasteiger partial charge in [0.15, 0.2) is 5.82 Å². The first-order valence-electron chi connectivity index (χ1n) is 6.06. The Hall–Kier alpha value is -2.07. The van der Waals surface area contributed by atoms with E-state index in [9.17, 15) is 9.18 Å². The molecule has 0 aromatic heterocycles. The molecule has 0 unspecified atom stereocenters. The lowest BCUT2D eigenvalue weighted by Crippen LogP contribution is -2.12. The molecule has 0 aliphatic carbocycles. The van der Waals surface area contributed by atoms with Crippen molar-refractivity contribution in [2.45, 2.75) is 13.5 Å². The van der Waals surface area contributed by atoms with E-state index in [4.69, 9.17) is 17.3 Å².